The zero-order chi connectivity index (χ0) is 19.4. The van der Waals surface area contributed by atoms with E-state index in [2.05, 4.69) is 13.8 Å². The summed E-state index contributed by atoms with van der Waals surface area (Å²) in [6.07, 6.45) is 9.64. The minimum Gasteiger partial charge on any atom is -0.481 e. The number of Topliss-reactive ketones (excluding diaryl/α,β-unsaturated/α-hetero) is 2. The van der Waals surface area contributed by atoms with Gasteiger partial charge in [0.15, 0.2) is 0 Å². The molecular formula is C23H34O4. The van der Waals surface area contributed by atoms with Crippen molar-refractivity contribution in [3.8, 4) is 0 Å². The molecule has 7 atom stereocenters. The van der Waals surface area contributed by atoms with Gasteiger partial charge in [0.05, 0.1) is 0 Å². The van der Waals surface area contributed by atoms with Crippen molar-refractivity contribution < 1.29 is 19.5 Å². The fourth-order valence-corrected chi connectivity index (χ4v) is 7.77. The second kappa shape index (κ2) is 6.70. The van der Waals surface area contributed by atoms with Crippen molar-refractivity contribution in [2.75, 3.05) is 0 Å². The summed E-state index contributed by atoms with van der Waals surface area (Å²) in [7, 11) is 0. The highest BCUT2D eigenvalue weighted by molar-refractivity contribution is 5.92. The molecule has 0 spiro atoms. The van der Waals surface area contributed by atoms with Gasteiger partial charge in [-0.15, -0.1) is 0 Å². The molecule has 0 aromatic rings. The van der Waals surface area contributed by atoms with Crippen LogP contribution in [0.4, 0.5) is 0 Å². The Hall–Kier alpha value is -1.19. The van der Waals surface area contributed by atoms with Gasteiger partial charge in [0.25, 0.3) is 0 Å². The molecule has 0 bridgehead atoms. The summed E-state index contributed by atoms with van der Waals surface area (Å²) in [5.41, 5.74) is -0.248. The van der Waals surface area contributed by atoms with Crippen molar-refractivity contribution in [3.63, 3.8) is 0 Å². The molecule has 0 aliphatic heterocycles. The molecule has 0 aromatic heterocycles. The van der Waals surface area contributed by atoms with E-state index in [-0.39, 0.29) is 35.5 Å². The maximum Gasteiger partial charge on any atom is 0.303 e. The highest BCUT2D eigenvalue weighted by atomic mass is 16.4. The molecule has 150 valence electrons. The summed E-state index contributed by atoms with van der Waals surface area (Å²) in [5.74, 6) is 1.26. The largest absolute Gasteiger partial charge is 0.481 e. The molecule has 7 unspecified atom stereocenters. The molecule has 4 saturated carbocycles. The maximum atomic E-state index is 13.5. The molecule has 27 heavy (non-hydrogen) atoms. The molecule has 4 rings (SSSR count). The number of aliphatic carboxylic acids is 1. The molecule has 0 aromatic carbocycles. The molecule has 0 radical (unpaired) electrons. The Morgan fingerprint density at radius 2 is 1.85 bits per heavy atom. The van der Waals surface area contributed by atoms with E-state index in [4.69, 9.17) is 5.11 Å². The van der Waals surface area contributed by atoms with Gasteiger partial charge in [-0.3, -0.25) is 14.4 Å². The van der Waals surface area contributed by atoms with Gasteiger partial charge in [-0.05, 0) is 67.6 Å². The monoisotopic (exact) mass is 374 g/mol. The van der Waals surface area contributed by atoms with E-state index in [9.17, 15) is 14.4 Å². The predicted octanol–water partition coefficient (Wildman–Crippen LogP) is 4.65. The summed E-state index contributed by atoms with van der Waals surface area (Å²) < 4.78 is 0. The van der Waals surface area contributed by atoms with Crippen LogP contribution in [0.5, 0.6) is 0 Å². The van der Waals surface area contributed by atoms with Crippen LogP contribution in [0.3, 0.4) is 0 Å². The first-order chi connectivity index (χ1) is 12.8. The number of fused-ring (bicyclic) bond motifs is 5. The van der Waals surface area contributed by atoms with Gasteiger partial charge in [-0.25, -0.2) is 0 Å². The zero-order valence-electron chi connectivity index (χ0n) is 16.8. The van der Waals surface area contributed by atoms with E-state index in [1.165, 1.54) is 19.3 Å². The van der Waals surface area contributed by atoms with Gasteiger partial charge in [-0.2, -0.15) is 0 Å². The van der Waals surface area contributed by atoms with Crippen LogP contribution < -0.4 is 0 Å². The van der Waals surface area contributed by atoms with E-state index in [0.29, 0.717) is 30.3 Å². The summed E-state index contributed by atoms with van der Waals surface area (Å²) in [5, 5.41) is 8.95. The number of carbonyl (C=O) groups excluding carboxylic acids is 2. The van der Waals surface area contributed by atoms with Crippen molar-refractivity contribution in [3.05, 3.63) is 0 Å². The number of rotatable bonds is 4. The fraction of sp³-hybridized carbons (Fsp3) is 0.870. The molecule has 4 aliphatic carbocycles. The van der Waals surface area contributed by atoms with Crippen molar-refractivity contribution >= 4 is 17.5 Å². The van der Waals surface area contributed by atoms with Crippen LogP contribution in [-0.4, -0.2) is 22.6 Å². The van der Waals surface area contributed by atoms with E-state index in [1.54, 1.807) is 0 Å². The Bertz CT molecular complexity index is 655. The zero-order valence-corrected chi connectivity index (χ0v) is 16.8. The topological polar surface area (TPSA) is 71.4 Å². The Morgan fingerprint density at radius 3 is 2.59 bits per heavy atom. The van der Waals surface area contributed by atoms with Crippen molar-refractivity contribution in [2.45, 2.75) is 84.5 Å². The molecular weight excluding hydrogens is 340 g/mol. The standard InChI is InChI=1S/C23H34O4/c1-22-11-4-3-6-15(22)12-18(24)21-16-10-9-14(7-5-8-20(26)27)23(16,2)19(25)13-17(21)22/h14-17,21H,3-13H2,1-2H3,(H,26,27). The van der Waals surface area contributed by atoms with Gasteiger partial charge in [0.2, 0.25) is 0 Å². The third kappa shape index (κ3) is 2.81. The number of ketones is 2. The lowest BCUT2D eigenvalue weighted by Crippen LogP contribution is -2.59. The summed E-state index contributed by atoms with van der Waals surface area (Å²) in [4.78, 5) is 37.6. The lowest BCUT2D eigenvalue weighted by Gasteiger charge is -2.58. The Morgan fingerprint density at radius 1 is 1.07 bits per heavy atom. The van der Waals surface area contributed by atoms with E-state index < -0.39 is 11.4 Å². The molecule has 0 saturated heterocycles. The number of hydrogen-bond acceptors (Lipinski definition) is 3. The third-order valence-corrected chi connectivity index (χ3v) is 9.38. The molecule has 0 heterocycles. The van der Waals surface area contributed by atoms with Gasteiger partial charge >= 0.3 is 5.97 Å². The van der Waals surface area contributed by atoms with Crippen molar-refractivity contribution in [1.29, 1.82) is 0 Å². The average Bonchev–Trinajstić information content (AvgIpc) is 2.94. The van der Waals surface area contributed by atoms with Crippen LogP contribution in [0, 0.1) is 40.4 Å². The predicted molar refractivity (Wildman–Crippen MR) is 102 cm³/mol. The molecule has 4 fully saturated rings. The van der Waals surface area contributed by atoms with Crippen LogP contribution in [0.25, 0.3) is 0 Å². The van der Waals surface area contributed by atoms with Gasteiger partial charge < -0.3 is 5.11 Å². The highest BCUT2D eigenvalue weighted by Crippen LogP contribution is 2.66. The highest BCUT2D eigenvalue weighted by Gasteiger charge is 2.65. The van der Waals surface area contributed by atoms with Crippen LogP contribution in [0.15, 0.2) is 0 Å². The fourth-order valence-electron chi connectivity index (χ4n) is 7.77. The number of carboxylic acids is 1. The average molecular weight is 375 g/mol. The normalized spacial score (nSPS) is 46.5. The van der Waals surface area contributed by atoms with Crippen molar-refractivity contribution in [2.24, 2.45) is 40.4 Å². The van der Waals surface area contributed by atoms with Crippen molar-refractivity contribution in [1.82, 2.24) is 0 Å². The molecule has 4 heteroatoms. The molecule has 4 nitrogen and oxygen atoms in total. The minimum absolute atomic E-state index is 0.0662. The second-order valence-corrected chi connectivity index (χ2v) is 10.3. The Kier molecular flexibility index (Phi) is 4.75. The summed E-state index contributed by atoms with van der Waals surface area (Å²) in [6, 6.07) is 0. The number of hydrogen-bond donors (Lipinski definition) is 1. The van der Waals surface area contributed by atoms with Crippen LogP contribution in [0.1, 0.15) is 84.5 Å². The third-order valence-electron chi connectivity index (χ3n) is 9.38. The summed E-state index contributed by atoms with van der Waals surface area (Å²) in [6.45, 7) is 4.48. The van der Waals surface area contributed by atoms with Gasteiger partial charge in [-0.1, -0.05) is 26.7 Å². The van der Waals surface area contributed by atoms with Crippen LogP contribution >= 0.6 is 0 Å². The van der Waals surface area contributed by atoms with Gasteiger partial charge in [0.1, 0.15) is 11.6 Å². The first-order valence-corrected chi connectivity index (χ1v) is 11.1. The van der Waals surface area contributed by atoms with E-state index in [0.717, 1.165) is 32.1 Å². The first kappa shape index (κ1) is 19.1. The van der Waals surface area contributed by atoms with E-state index in [1.807, 2.05) is 0 Å². The van der Waals surface area contributed by atoms with Gasteiger partial charge in [0, 0.05) is 30.6 Å². The lowest BCUT2D eigenvalue weighted by molar-refractivity contribution is -0.164. The summed E-state index contributed by atoms with van der Waals surface area (Å²) >= 11 is 0. The Labute approximate surface area is 162 Å². The smallest absolute Gasteiger partial charge is 0.303 e. The SMILES string of the molecule is CC12CCCCC1CC(=O)C1C2CC(=O)C2(C)C(CCCC(=O)O)CCC12. The minimum atomic E-state index is -0.761. The van der Waals surface area contributed by atoms with Crippen LogP contribution in [0.2, 0.25) is 0 Å². The second-order valence-electron chi connectivity index (χ2n) is 10.3. The maximum absolute atomic E-state index is 13.5. The first-order valence-electron chi connectivity index (χ1n) is 11.1. The molecule has 1 N–H and O–H groups in total. The van der Waals surface area contributed by atoms with Crippen LogP contribution in [-0.2, 0) is 14.4 Å². The number of carbonyl (C=O) groups is 3. The molecule has 0 amide bonds. The number of carboxylic acid groups (broad SMARTS) is 1. The Balaban J connectivity index is 1.60. The van der Waals surface area contributed by atoms with E-state index >= 15 is 0 Å². The lowest BCUT2D eigenvalue weighted by atomic mass is 9.44. The quantitative estimate of drug-likeness (QED) is 0.777. The molecule has 4 aliphatic rings.